The van der Waals surface area contributed by atoms with Crippen LogP contribution in [0.2, 0.25) is 0 Å². The van der Waals surface area contributed by atoms with Crippen LogP contribution in [-0.4, -0.2) is 35.6 Å². The number of fused-ring (bicyclic) bond motifs is 3. The monoisotopic (exact) mass is 373 g/mol. The van der Waals surface area contributed by atoms with Crippen LogP contribution in [0, 0.1) is 6.92 Å². The maximum atomic E-state index is 11.5. The van der Waals surface area contributed by atoms with Gasteiger partial charge in [-0.25, -0.2) is 9.48 Å². The molecule has 7 nitrogen and oxygen atoms in total. The van der Waals surface area contributed by atoms with Crippen LogP contribution in [0.4, 0.5) is 0 Å². The predicted molar refractivity (Wildman–Crippen MR) is 106 cm³/mol. The number of allylic oxidation sites excluding steroid dienone is 2. The molecule has 1 aliphatic carbocycles. The zero-order valence-corrected chi connectivity index (χ0v) is 15.6. The van der Waals surface area contributed by atoms with Gasteiger partial charge in [0, 0.05) is 30.2 Å². The molecule has 1 aromatic carbocycles. The van der Waals surface area contributed by atoms with Crippen molar-refractivity contribution in [1.82, 2.24) is 24.5 Å². The van der Waals surface area contributed by atoms with Gasteiger partial charge in [-0.05, 0) is 44.0 Å². The van der Waals surface area contributed by atoms with Crippen molar-refractivity contribution in [2.75, 3.05) is 0 Å². The molecule has 0 unspecified atom stereocenters. The summed E-state index contributed by atoms with van der Waals surface area (Å²) in [5, 5.41) is 18.7. The number of carbonyl (C=O) groups is 1. The molecule has 0 amide bonds. The van der Waals surface area contributed by atoms with E-state index in [-0.39, 0.29) is 11.6 Å². The van der Waals surface area contributed by atoms with Crippen molar-refractivity contribution in [3.63, 3.8) is 0 Å². The molecule has 0 saturated carbocycles. The van der Waals surface area contributed by atoms with Crippen LogP contribution >= 0.6 is 0 Å². The van der Waals surface area contributed by atoms with Crippen LogP contribution in [0.5, 0.6) is 0 Å². The highest BCUT2D eigenvalue weighted by Crippen LogP contribution is 2.37. The van der Waals surface area contributed by atoms with Crippen molar-refractivity contribution in [2.24, 2.45) is 7.05 Å². The average Bonchev–Trinajstić information content (AvgIpc) is 3.38. The molecule has 140 valence electrons. The molecule has 5 rings (SSSR count). The summed E-state index contributed by atoms with van der Waals surface area (Å²) in [6.07, 6.45) is 8.04. The van der Waals surface area contributed by atoms with Gasteiger partial charge in [-0.2, -0.15) is 0 Å². The molecule has 0 spiro atoms. The van der Waals surface area contributed by atoms with Crippen LogP contribution in [0.15, 0.2) is 42.6 Å². The number of aromatic nitrogens is 5. The van der Waals surface area contributed by atoms with E-state index in [1.165, 1.54) is 0 Å². The summed E-state index contributed by atoms with van der Waals surface area (Å²) >= 11 is 0. The normalized spacial score (nSPS) is 14.5. The van der Waals surface area contributed by atoms with Gasteiger partial charge in [0.15, 0.2) is 0 Å². The maximum Gasteiger partial charge on any atom is 0.335 e. The van der Waals surface area contributed by atoms with Crippen LogP contribution in [-0.2, 0) is 7.05 Å². The van der Waals surface area contributed by atoms with Crippen molar-refractivity contribution >= 4 is 27.9 Å². The number of rotatable bonds is 3. The number of carboxylic acid groups (broad SMARTS) is 1. The van der Waals surface area contributed by atoms with Crippen molar-refractivity contribution in [3.8, 4) is 11.3 Å². The van der Waals surface area contributed by atoms with E-state index in [4.69, 9.17) is 4.98 Å². The van der Waals surface area contributed by atoms with Gasteiger partial charge in [-0.3, -0.25) is 4.98 Å². The summed E-state index contributed by atoms with van der Waals surface area (Å²) in [6, 6.07) is 7.64. The van der Waals surface area contributed by atoms with E-state index in [9.17, 15) is 9.90 Å². The number of benzene rings is 1. The Kier molecular flexibility index (Phi) is 3.58. The number of hydrogen-bond acceptors (Lipinski definition) is 4. The smallest absolute Gasteiger partial charge is 0.335 e. The molecular weight excluding hydrogens is 354 g/mol. The average molecular weight is 373 g/mol. The summed E-state index contributed by atoms with van der Waals surface area (Å²) in [4.78, 5) is 16.3. The lowest BCUT2D eigenvalue weighted by molar-refractivity contribution is 0.0697. The second-order valence-electron chi connectivity index (χ2n) is 7.24. The summed E-state index contributed by atoms with van der Waals surface area (Å²) in [6.45, 7) is 1.93. The predicted octanol–water partition coefficient (Wildman–Crippen LogP) is 3.88. The minimum absolute atomic E-state index is 0.256. The quantitative estimate of drug-likeness (QED) is 0.551. The number of aryl methyl sites for hydroxylation is 2. The number of pyridine rings is 1. The number of nitrogens with zero attached hydrogens (tertiary/aromatic N) is 5. The van der Waals surface area contributed by atoms with Crippen molar-refractivity contribution < 1.29 is 9.90 Å². The Morgan fingerprint density at radius 2 is 1.96 bits per heavy atom. The second-order valence-corrected chi connectivity index (χ2v) is 7.24. The lowest BCUT2D eigenvalue weighted by Gasteiger charge is -2.16. The number of hydrogen-bond donors (Lipinski definition) is 1. The molecule has 0 radical (unpaired) electrons. The Hall–Kier alpha value is -3.48. The van der Waals surface area contributed by atoms with Gasteiger partial charge in [0.2, 0.25) is 0 Å². The first-order chi connectivity index (χ1) is 13.5. The van der Waals surface area contributed by atoms with E-state index >= 15 is 0 Å². The van der Waals surface area contributed by atoms with E-state index in [0.29, 0.717) is 0 Å². The highest BCUT2D eigenvalue weighted by Gasteiger charge is 2.22. The molecule has 0 atom stereocenters. The van der Waals surface area contributed by atoms with Gasteiger partial charge >= 0.3 is 5.97 Å². The lowest BCUT2D eigenvalue weighted by atomic mass is 10.1. The van der Waals surface area contributed by atoms with Gasteiger partial charge in [0.1, 0.15) is 0 Å². The largest absolute Gasteiger partial charge is 0.478 e. The van der Waals surface area contributed by atoms with Crippen LogP contribution in [0.1, 0.15) is 34.9 Å². The molecule has 4 aromatic rings. The Balaban J connectivity index is 1.83. The van der Waals surface area contributed by atoms with Gasteiger partial charge in [-0.15, -0.1) is 5.10 Å². The standard InChI is InChI=1S/C21H19N5O2/c1-12-20(25(2)24-23-12)14-10-18-19(22-11-14)16-8-7-13(21(27)28)9-17(16)26(18)15-5-3-4-6-15/h3-4,7-11,15H,5-6H2,1-2H3,(H,27,28). The van der Waals surface area contributed by atoms with E-state index < -0.39 is 5.97 Å². The molecular formula is C21H19N5O2. The highest BCUT2D eigenvalue weighted by molar-refractivity contribution is 6.08. The zero-order valence-electron chi connectivity index (χ0n) is 15.6. The zero-order chi connectivity index (χ0) is 19.4. The molecule has 0 bridgehead atoms. The highest BCUT2D eigenvalue weighted by atomic mass is 16.4. The Labute approximate surface area is 160 Å². The van der Waals surface area contributed by atoms with Crippen LogP contribution in [0.3, 0.4) is 0 Å². The van der Waals surface area contributed by atoms with Crippen molar-refractivity contribution in [2.45, 2.75) is 25.8 Å². The fourth-order valence-electron chi connectivity index (χ4n) is 4.23. The lowest BCUT2D eigenvalue weighted by Crippen LogP contribution is -2.06. The molecule has 0 saturated heterocycles. The third kappa shape index (κ3) is 2.36. The topological polar surface area (TPSA) is 85.8 Å². The molecule has 1 aliphatic rings. The number of carboxylic acids is 1. The summed E-state index contributed by atoms with van der Waals surface area (Å²) in [5.74, 6) is -0.923. The van der Waals surface area contributed by atoms with Crippen LogP contribution in [0.25, 0.3) is 33.2 Å². The first-order valence-corrected chi connectivity index (χ1v) is 9.23. The fourth-order valence-corrected chi connectivity index (χ4v) is 4.23. The van der Waals surface area contributed by atoms with Gasteiger partial charge in [-0.1, -0.05) is 17.4 Å². The molecule has 0 aliphatic heterocycles. The molecule has 28 heavy (non-hydrogen) atoms. The molecule has 7 heteroatoms. The maximum absolute atomic E-state index is 11.5. The fraction of sp³-hybridized carbons (Fsp3) is 0.238. The van der Waals surface area contributed by atoms with E-state index in [1.807, 2.05) is 26.2 Å². The summed E-state index contributed by atoms with van der Waals surface area (Å²) in [5.41, 5.74) is 5.82. The van der Waals surface area contributed by atoms with Gasteiger partial charge in [0.25, 0.3) is 0 Å². The van der Waals surface area contributed by atoms with Crippen molar-refractivity contribution in [3.05, 3.63) is 53.9 Å². The van der Waals surface area contributed by atoms with E-state index in [1.54, 1.807) is 16.8 Å². The van der Waals surface area contributed by atoms with Gasteiger partial charge < -0.3 is 9.67 Å². The second kappa shape index (κ2) is 6.02. The SMILES string of the molecule is Cc1nnn(C)c1-c1cnc2c3ccc(C(=O)O)cc3n(C3CC=CC3)c2c1. The molecule has 3 heterocycles. The molecule has 1 N–H and O–H groups in total. The first kappa shape index (κ1) is 16.7. The van der Waals surface area contributed by atoms with Crippen LogP contribution < -0.4 is 0 Å². The third-order valence-electron chi connectivity index (χ3n) is 5.50. The van der Waals surface area contributed by atoms with E-state index in [2.05, 4.69) is 33.1 Å². The first-order valence-electron chi connectivity index (χ1n) is 9.23. The Morgan fingerprint density at radius 3 is 2.64 bits per heavy atom. The van der Waals surface area contributed by atoms with E-state index in [0.717, 1.165) is 51.7 Å². The Morgan fingerprint density at radius 1 is 1.18 bits per heavy atom. The minimum atomic E-state index is -0.923. The van der Waals surface area contributed by atoms with Crippen molar-refractivity contribution in [1.29, 1.82) is 0 Å². The Bertz CT molecular complexity index is 1250. The van der Waals surface area contributed by atoms with Gasteiger partial charge in [0.05, 0.1) is 33.5 Å². The minimum Gasteiger partial charge on any atom is -0.478 e. The summed E-state index contributed by atoms with van der Waals surface area (Å²) < 4.78 is 4.00. The number of aromatic carboxylic acids is 1. The molecule has 3 aromatic heterocycles. The molecule has 0 fully saturated rings. The summed E-state index contributed by atoms with van der Waals surface area (Å²) in [7, 11) is 1.87. The third-order valence-corrected chi connectivity index (χ3v) is 5.50.